The Morgan fingerprint density at radius 2 is 1.85 bits per heavy atom. The largest absolute Gasteiger partial charge is 0.396 e. The van der Waals surface area contributed by atoms with Crippen molar-refractivity contribution in [2.24, 2.45) is 5.14 Å². The van der Waals surface area contributed by atoms with Crippen molar-refractivity contribution in [2.75, 3.05) is 18.0 Å². The highest BCUT2D eigenvalue weighted by Crippen LogP contribution is 2.24. The summed E-state index contributed by atoms with van der Waals surface area (Å²) < 4.78 is 60.7. The van der Waals surface area contributed by atoms with Gasteiger partial charge in [0.2, 0.25) is 20.0 Å². The van der Waals surface area contributed by atoms with Gasteiger partial charge in [-0.1, -0.05) is 11.6 Å². The number of sulfonamides is 2. The van der Waals surface area contributed by atoms with Crippen LogP contribution in [0.1, 0.15) is 6.42 Å². The molecule has 0 radical (unpaired) electrons. The van der Waals surface area contributed by atoms with Crippen LogP contribution in [0.3, 0.4) is 0 Å². The molecule has 0 aliphatic rings. The van der Waals surface area contributed by atoms with Crippen molar-refractivity contribution in [2.45, 2.75) is 11.3 Å². The fourth-order valence-electron chi connectivity index (χ4n) is 1.34. The van der Waals surface area contributed by atoms with Crippen LogP contribution >= 0.6 is 11.6 Å². The SMILES string of the molecule is Nc1cc(Cl)cc(S(=O)(=O)NCCCS(N)(=O)=O)c1F. The molecule has 0 spiro atoms. The average molecular weight is 346 g/mol. The van der Waals surface area contributed by atoms with Crippen LogP contribution in [0.25, 0.3) is 0 Å². The standard InChI is InChI=1S/C9H13ClFN3O4S2/c10-6-4-7(12)9(11)8(5-6)20(17,18)14-2-1-3-19(13,15)16/h4-5,14H,1-3,12H2,(H2,13,15,16). The normalized spacial score (nSPS) is 12.6. The molecule has 0 aliphatic carbocycles. The molecule has 0 bridgehead atoms. The number of primary sulfonamides is 1. The van der Waals surface area contributed by atoms with E-state index in [4.69, 9.17) is 22.5 Å². The molecular formula is C9H13ClFN3O4S2. The van der Waals surface area contributed by atoms with Crippen molar-refractivity contribution in [1.29, 1.82) is 0 Å². The van der Waals surface area contributed by atoms with Crippen molar-refractivity contribution in [3.05, 3.63) is 23.0 Å². The third-order valence-electron chi connectivity index (χ3n) is 2.22. The molecular weight excluding hydrogens is 333 g/mol. The number of nitrogens with two attached hydrogens (primary N) is 2. The van der Waals surface area contributed by atoms with Gasteiger partial charge >= 0.3 is 0 Å². The van der Waals surface area contributed by atoms with Crippen LogP contribution in [0.15, 0.2) is 17.0 Å². The quantitative estimate of drug-likeness (QED) is 0.493. The van der Waals surface area contributed by atoms with Gasteiger partial charge in [-0.05, 0) is 18.6 Å². The molecule has 0 amide bonds. The summed E-state index contributed by atoms with van der Waals surface area (Å²) in [6.07, 6.45) is -0.0459. The summed E-state index contributed by atoms with van der Waals surface area (Å²) >= 11 is 5.61. The first-order valence-electron chi connectivity index (χ1n) is 5.27. The molecule has 1 aromatic rings. The van der Waals surface area contributed by atoms with E-state index in [0.717, 1.165) is 12.1 Å². The fourth-order valence-corrected chi connectivity index (χ4v) is 3.38. The van der Waals surface area contributed by atoms with Gasteiger partial charge in [0.05, 0.1) is 11.4 Å². The molecule has 0 fully saturated rings. The highest BCUT2D eigenvalue weighted by Gasteiger charge is 2.21. The maximum atomic E-state index is 13.7. The van der Waals surface area contributed by atoms with E-state index in [-0.39, 0.29) is 18.0 Å². The second kappa shape index (κ2) is 6.22. The highest BCUT2D eigenvalue weighted by atomic mass is 35.5. The molecule has 0 aromatic heterocycles. The first-order chi connectivity index (χ1) is 9.03. The summed E-state index contributed by atoms with van der Waals surface area (Å²) in [6.45, 7) is -0.218. The topological polar surface area (TPSA) is 132 Å². The number of rotatable bonds is 6. The first-order valence-corrected chi connectivity index (χ1v) is 8.85. The Bertz CT molecular complexity index is 706. The summed E-state index contributed by atoms with van der Waals surface area (Å²) in [5.74, 6) is -1.51. The number of hydrogen-bond acceptors (Lipinski definition) is 5. The van der Waals surface area contributed by atoms with Gasteiger partial charge in [0.15, 0.2) is 5.82 Å². The van der Waals surface area contributed by atoms with Gasteiger partial charge in [0.25, 0.3) is 0 Å². The number of halogens is 2. The van der Waals surface area contributed by atoms with Crippen molar-refractivity contribution >= 4 is 37.3 Å². The zero-order chi connectivity index (χ0) is 15.6. The predicted molar refractivity (Wildman–Crippen MR) is 73.6 cm³/mol. The lowest BCUT2D eigenvalue weighted by atomic mass is 10.3. The third-order valence-corrected chi connectivity index (χ3v) is 4.76. The van der Waals surface area contributed by atoms with Crippen LogP contribution < -0.4 is 15.6 Å². The summed E-state index contributed by atoms with van der Waals surface area (Å²) in [4.78, 5) is -0.696. The molecule has 5 N–H and O–H groups in total. The number of nitrogens with one attached hydrogen (secondary N) is 1. The molecule has 1 rings (SSSR count). The Labute approximate surface area is 121 Å². The van der Waals surface area contributed by atoms with E-state index < -0.39 is 42.2 Å². The summed E-state index contributed by atoms with van der Waals surface area (Å²) in [7, 11) is -7.86. The van der Waals surface area contributed by atoms with Crippen LogP contribution in [0.5, 0.6) is 0 Å². The van der Waals surface area contributed by atoms with Gasteiger partial charge in [-0.25, -0.2) is 31.1 Å². The molecule has 20 heavy (non-hydrogen) atoms. The van der Waals surface area contributed by atoms with E-state index in [2.05, 4.69) is 0 Å². The van der Waals surface area contributed by atoms with E-state index >= 15 is 0 Å². The number of anilines is 1. The maximum Gasteiger partial charge on any atom is 0.243 e. The molecule has 0 heterocycles. The Balaban J connectivity index is 2.85. The van der Waals surface area contributed by atoms with Crippen LogP contribution in [0, 0.1) is 5.82 Å². The minimum Gasteiger partial charge on any atom is -0.396 e. The molecule has 0 atom stereocenters. The fraction of sp³-hybridized carbons (Fsp3) is 0.333. The van der Waals surface area contributed by atoms with E-state index in [1.54, 1.807) is 0 Å². The summed E-state index contributed by atoms with van der Waals surface area (Å²) in [5, 5.41) is 4.73. The van der Waals surface area contributed by atoms with Crippen LogP contribution in [-0.4, -0.2) is 29.1 Å². The Hall–Kier alpha value is -0.940. The third kappa shape index (κ3) is 4.87. The van der Waals surface area contributed by atoms with E-state index in [0.29, 0.717) is 0 Å². The van der Waals surface area contributed by atoms with Gasteiger partial charge in [-0.2, -0.15) is 0 Å². The minimum absolute atomic E-state index is 0.0335. The van der Waals surface area contributed by atoms with Crippen molar-refractivity contribution < 1.29 is 21.2 Å². The van der Waals surface area contributed by atoms with Crippen LogP contribution in [0.2, 0.25) is 5.02 Å². The Morgan fingerprint density at radius 3 is 2.40 bits per heavy atom. The van der Waals surface area contributed by atoms with Crippen molar-refractivity contribution in [3.8, 4) is 0 Å². The van der Waals surface area contributed by atoms with Gasteiger partial charge in [0.1, 0.15) is 4.90 Å². The zero-order valence-corrected chi connectivity index (χ0v) is 12.5. The molecule has 0 unspecified atom stereocenters. The van der Waals surface area contributed by atoms with Crippen molar-refractivity contribution in [3.63, 3.8) is 0 Å². The number of nitrogen functional groups attached to an aromatic ring is 1. The lowest BCUT2D eigenvalue weighted by Crippen LogP contribution is -2.28. The smallest absolute Gasteiger partial charge is 0.243 e. The summed E-state index contributed by atoms with van der Waals surface area (Å²) in [5.41, 5.74) is 4.88. The highest BCUT2D eigenvalue weighted by molar-refractivity contribution is 7.89. The number of benzene rings is 1. The van der Waals surface area contributed by atoms with Gasteiger partial charge in [-0.15, -0.1) is 0 Å². The minimum atomic E-state index is -4.18. The van der Waals surface area contributed by atoms with E-state index in [1.165, 1.54) is 0 Å². The lowest BCUT2D eigenvalue weighted by Gasteiger charge is -2.09. The molecule has 0 aliphatic heterocycles. The monoisotopic (exact) mass is 345 g/mol. The average Bonchev–Trinajstić information content (AvgIpc) is 2.28. The van der Waals surface area contributed by atoms with Gasteiger partial charge in [-0.3, -0.25) is 0 Å². The Morgan fingerprint density at radius 1 is 1.25 bits per heavy atom. The van der Waals surface area contributed by atoms with E-state index in [1.807, 2.05) is 4.72 Å². The van der Waals surface area contributed by atoms with Gasteiger partial charge < -0.3 is 5.73 Å². The Kier molecular flexibility index (Phi) is 5.33. The van der Waals surface area contributed by atoms with Crippen LogP contribution in [-0.2, 0) is 20.0 Å². The van der Waals surface area contributed by atoms with Gasteiger partial charge in [0, 0.05) is 11.6 Å². The second-order valence-electron chi connectivity index (χ2n) is 3.93. The van der Waals surface area contributed by atoms with E-state index in [9.17, 15) is 21.2 Å². The molecule has 1 aromatic carbocycles. The number of hydrogen-bond donors (Lipinski definition) is 3. The molecule has 7 nitrogen and oxygen atoms in total. The van der Waals surface area contributed by atoms with Crippen molar-refractivity contribution in [1.82, 2.24) is 4.72 Å². The lowest BCUT2D eigenvalue weighted by molar-refractivity contribution is 0.557. The molecule has 0 saturated carbocycles. The molecule has 0 saturated heterocycles. The predicted octanol–water partition coefficient (Wildman–Crippen LogP) is 0.0182. The molecule has 114 valence electrons. The second-order valence-corrected chi connectivity index (χ2v) is 7.83. The zero-order valence-electron chi connectivity index (χ0n) is 10.1. The maximum absolute atomic E-state index is 13.7. The van der Waals surface area contributed by atoms with Crippen LogP contribution in [0.4, 0.5) is 10.1 Å². The molecule has 11 heteroatoms. The first kappa shape index (κ1) is 17.1. The summed E-state index contributed by atoms with van der Waals surface area (Å²) in [6, 6.07) is 1.99.